The number of amides is 1. The van der Waals surface area contributed by atoms with Gasteiger partial charge in [-0.1, -0.05) is 29.8 Å². The molecule has 0 aliphatic rings. The Kier molecular flexibility index (Phi) is 5.88. The van der Waals surface area contributed by atoms with Crippen molar-refractivity contribution in [2.45, 2.75) is 6.42 Å². The Hall–Kier alpha value is -2.91. The first-order valence-corrected chi connectivity index (χ1v) is 7.26. The van der Waals surface area contributed by atoms with E-state index in [-0.39, 0.29) is 22.6 Å². The number of nitrogens with one attached hydrogen (secondary N) is 1. The summed E-state index contributed by atoms with van der Waals surface area (Å²) in [5, 5.41) is 11.5. The van der Waals surface area contributed by atoms with Crippen LogP contribution >= 0.6 is 11.6 Å². The topological polar surface area (TPSA) is 79.2 Å². The lowest BCUT2D eigenvalue weighted by Gasteiger charge is -2.08. The number of carbonyl (C=O) groups is 2. The number of esters is 1. The Balaban J connectivity index is 1.85. The largest absolute Gasteiger partial charge is 0.455 e. The molecule has 1 N–H and O–H groups in total. The molecule has 0 unspecified atom stereocenters. The van der Waals surface area contributed by atoms with Crippen molar-refractivity contribution in [2.75, 3.05) is 11.9 Å². The van der Waals surface area contributed by atoms with Crippen LogP contribution in [0.3, 0.4) is 0 Å². The van der Waals surface area contributed by atoms with Gasteiger partial charge < -0.3 is 10.1 Å². The normalized spacial score (nSPS) is 9.88. The molecule has 2 aromatic carbocycles. The van der Waals surface area contributed by atoms with Crippen LogP contribution in [0, 0.1) is 17.1 Å². The lowest BCUT2D eigenvalue weighted by atomic mass is 10.1. The first-order chi connectivity index (χ1) is 11.5. The first kappa shape index (κ1) is 17.4. The second kappa shape index (κ2) is 8.09. The highest BCUT2D eigenvalue weighted by molar-refractivity contribution is 6.32. The number of benzene rings is 2. The van der Waals surface area contributed by atoms with Crippen LogP contribution < -0.4 is 5.32 Å². The molecule has 7 heteroatoms. The fourth-order valence-electron chi connectivity index (χ4n) is 1.87. The summed E-state index contributed by atoms with van der Waals surface area (Å²) in [5.41, 5.74) is 0.849. The van der Waals surface area contributed by atoms with E-state index in [0.29, 0.717) is 5.69 Å². The van der Waals surface area contributed by atoms with Crippen molar-refractivity contribution in [1.29, 1.82) is 5.26 Å². The summed E-state index contributed by atoms with van der Waals surface area (Å²) in [7, 11) is 0. The summed E-state index contributed by atoms with van der Waals surface area (Å²) >= 11 is 5.85. The van der Waals surface area contributed by atoms with Crippen LogP contribution in [-0.2, 0) is 20.7 Å². The SMILES string of the molecule is N#Cc1ccc(NC(=O)COC(=O)Cc2ccccc2F)cc1Cl. The maximum absolute atomic E-state index is 13.4. The molecule has 0 spiro atoms. The zero-order valence-corrected chi connectivity index (χ0v) is 13.1. The smallest absolute Gasteiger partial charge is 0.310 e. The van der Waals surface area contributed by atoms with Crippen molar-refractivity contribution in [3.63, 3.8) is 0 Å². The van der Waals surface area contributed by atoms with Crippen LogP contribution in [0.25, 0.3) is 0 Å². The van der Waals surface area contributed by atoms with Crippen LogP contribution in [0.1, 0.15) is 11.1 Å². The molecule has 0 aromatic heterocycles. The number of anilines is 1. The van der Waals surface area contributed by atoms with Gasteiger partial charge in [-0.3, -0.25) is 9.59 Å². The third-order valence-corrected chi connectivity index (χ3v) is 3.34. The first-order valence-electron chi connectivity index (χ1n) is 6.88. The Morgan fingerprint density at radius 2 is 2.00 bits per heavy atom. The molecule has 0 saturated heterocycles. The summed E-state index contributed by atoms with van der Waals surface area (Å²) in [6.45, 7) is -0.509. The van der Waals surface area contributed by atoms with E-state index >= 15 is 0 Å². The zero-order valence-electron chi connectivity index (χ0n) is 12.4. The lowest BCUT2D eigenvalue weighted by molar-refractivity contribution is -0.146. The van der Waals surface area contributed by atoms with Gasteiger partial charge in [0.2, 0.25) is 0 Å². The molecule has 122 valence electrons. The zero-order chi connectivity index (χ0) is 17.5. The summed E-state index contributed by atoms with van der Waals surface area (Å²) in [6.07, 6.45) is -0.261. The molecule has 0 saturated carbocycles. The van der Waals surface area contributed by atoms with Crippen molar-refractivity contribution in [3.8, 4) is 6.07 Å². The fraction of sp³-hybridized carbons (Fsp3) is 0.118. The number of nitrogens with zero attached hydrogens (tertiary/aromatic N) is 1. The van der Waals surface area contributed by atoms with Crippen LogP contribution in [0.2, 0.25) is 5.02 Å². The molecule has 2 rings (SSSR count). The standard InChI is InChI=1S/C17H12ClFN2O3/c18-14-8-13(6-5-12(14)9-20)21-16(22)10-24-17(23)7-11-3-1-2-4-15(11)19/h1-6,8H,7,10H2,(H,21,22). The monoisotopic (exact) mass is 346 g/mol. The van der Waals surface area contributed by atoms with Gasteiger partial charge >= 0.3 is 5.97 Å². The molecule has 0 bridgehead atoms. The van der Waals surface area contributed by atoms with Gasteiger partial charge in [-0.25, -0.2) is 4.39 Å². The summed E-state index contributed by atoms with van der Waals surface area (Å²) in [4.78, 5) is 23.4. The Morgan fingerprint density at radius 1 is 1.25 bits per heavy atom. The van der Waals surface area contributed by atoms with E-state index in [4.69, 9.17) is 21.6 Å². The molecule has 0 aliphatic heterocycles. The molecule has 0 radical (unpaired) electrons. The second-order valence-corrected chi connectivity index (χ2v) is 5.19. The summed E-state index contributed by atoms with van der Waals surface area (Å²) < 4.78 is 18.2. The van der Waals surface area contributed by atoms with E-state index in [1.165, 1.54) is 36.4 Å². The van der Waals surface area contributed by atoms with Crippen molar-refractivity contribution in [1.82, 2.24) is 0 Å². The summed E-state index contributed by atoms with van der Waals surface area (Å²) in [6, 6.07) is 12.1. The maximum atomic E-state index is 13.4. The minimum atomic E-state index is -0.715. The predicted octanol–water partition coefficient (Wildman–Crippen LogP) is 3.08. The molecule has 0 aliphatic carbocycles. The molecule has 1 amide bonds. The van der Waals surface area contributed by atoms with Crippen LogP contribution in [0.15, 0.2) is 42.5 Å². The van der Waals surface area contributed by atoms with E-state index < -0.39 is 24.3 Å². The van der Waals surface area contributed by atoms with Crippen molar-refractivity contribution >= 4 is 29.2 Å². The van der Waals surface area contributed by atoms with E-state index in [2.05, 4.69) is 5.32 Å². The van der Waals surface area contributed by atoms with Crippen molar-refractivity contribution in [3.05, 3.63) is 64.4 Å². The molecular weight excluding hydrogens is 335 g/mol. The highest BCUT2D eigenvalue weighted by Crippen LogP contribution is 2.20. The summed E-state index contributed by atoms with van der Waals surface area (Å²) in [5.74, 6) is -1.79. The Morgan fingerprint density at radius 3 is 2.67 bits per heavy atom. The number of nitriles is 1. The number of halogens is 2. The third kappa shape index (κ3) is 4.80. The molecule has 0 atom stereocenters. The van der Waals surface area contributed by atoms with Gasteiger partial charge in [0.05, 0.1) is 17.0 Å². The Labute approximate surface area is 142 Å². The minimum absolute atomic E-state index is 0.196. The lowest BCUT2D eigenvalue weighted by Crippen LogP contribution is -2.21. The molecule has 24 heavy (non-hydrogen) atoms. The highest BCUT2D eigenvalue weighted by atomic mass is 35.5. The average molecular weight is 347 g/mol. The van der Waals surface area contributed by atoms with E-state index in [9.17, 15) is 14.0 Å². The van der Waals surface area contributed by atoms with Crippen LogP contribution in [0.5, 0.6) is 0 Å². The highest BCUT2D eigenvalue weighted by Gasteiger charge is 2.11. The van der Waals surface area contributed by atoms with Gasteiger partial charge in [0.25, 0.3) is 5.91 Å². The predicted molar refractivity (Wildman–Crippen MR) is 85.9 cm³/mol. The maximum Gasteiger partial charge on any atom is 0.310 e. The van der Waals surface area contributed by atoms with Gasteiger partial charge in [-0.2, -0.15) is 5.26 Å². The number of ether oxygens (including phenoxy) is 1. The van der Waals surface area contributed by atoms with Gasteiger partial charge in [0.15, 0.2) is 6.61 Å². The minimum Gasteiger partial charge on any atom is -0.455 e. The van der Waals surface area contributed by atoms with Gasteiger partial charge in [0, 0.05) is 5.69 Å². The number of hydrogen-bond acceptors (Lipinski definition) is 4. The van der Waals surface area contributed by atoms with Crippen molar-refractivity contribution in [2.24, 2.45) is 0 Å². The van der Waals surface area contributed by atoms with Gasteiger partial charge in [-0.05, 0) is 29.8 Å². The van der Waals surface area contributed by atoms with E-state index in [1.54, 1.807) is 6.07 Å². The number of rotatable bonds is 5. The molecule has 0 fully saturated rings. The van der Waals surface area contributed by atoms with Gasteiger partial charge in [0.1, 0.15) is 11.9 Å². The van der Waals surface area contributed by atoms with Crippen LogP contribution in [0.4, 0.5) is 10.1 Å². The molecule has 0 heterocycles. The van der Waals surface area contributed by atoms with Gasteiger partial charge in [-0.15, -0.1) is 0 Å². The average Bonchev–Trinajstić information content (AvgIpc) is 2.55. The molecular formula is C17H12ClFN2O3. The molecule has 2 aromatic rings. The third-order valence-electron chi connectivity index (χ3n) is 3.03. The second-order valence-electron chi connectivity index (χ2n) is 4.78. The number of hydrogen-bond donors (Lipinski definition) is 1. The van der Waals surface area contributed by atoms with E-state index in [0.717, 1.165) is 0 Å². The van der Waals surface area contributed by atoms with Crippen molar-refractivity contribution < 1.29 is 18.7 Å². The molecule has 5 nitrogen and oxygen atoms in total. The number of carbonyl (C=O) groups excluding carboxylic acids is 2. The fourth-order valence-corrected chi connectivity index (χ4v) is 2.10. The Bertz CT molecular complexity index is 818. The van der Waals surface area contributed by atoms with E-state index in [1.807, 2.05) is 6.07 Å². The van der Waals surface area contributed by atoms with Crippen LogP contribution in [-0.4, -0.2) is 18.5 Å². The quantitative estimate of drug-likeness (QED) is 0.844.